The maximum absolute atomic E-state index is 13.7. The van der Waals surface area contributed by atoms with Crippen LogP contribution in [0.5, 0.6) is 0 Å². The Labute approximate surface area is 113 Å². The number of carbonyl (C=O) groups is 1. The van der Waals surface area contributed by atoms with Crippen LogP contribution in [0, 0.1) is 11.7 Å². The lowest BCUT2D eigenvalue weighted by Crippen LogP contribution is -2.36. The molecule has 6 heteroatoms. The number of hydrogen-bond donors (Lipinski definition) is 1. The molecule has 4 nitrogen and oxygen atoms in total. The minimum atomic E-state index is -0.322. The summed E-state index contributed by atoms with van der Waals surface area (Å²) in [6, 6.07) is 1.41. The van der Waals surface area contributed by atoms with E-state index in [4.69, 9.17) is 5.73 Å². The van der Waals surface area contributed by atoms with E-state index in [9.17, 15) is 9.18 Å². The van der Waals surface area contributed by atoms with Gasteiger partial charge in [0, 0.05) is 30.2 Å². The molecule has 0 aliphatic carbocycles. The summed E-state index contributed by atoms with van der Waals surface area (Å²) in [7, 11) is 0. The van der Waals surface area contributed by atoms with E-state index in [1.165, 1.54) is 6.07 Å². The van der Waals surface area contributed by atoms with E-state index in [2.05, 4.69) is 20.9 Å². The number of aromatic nitrogens is 1. The zero-order valence-corrected chi connectivity index (χ0v) is 11.5. The number of piperidine rings is 1. The van der Waals surface area contributed by atoms with E-state index >= 15 is 0 Å². The first-order valence-electron chi connectivity index (χ1n) is 5.90. The number of rotatable bonds is 3. The minimum Gasteiger partial charge on any atom is -0.370 e. The molecule has 18 heavy (non-hydrogen) atoms. The molecule has 1 aliphatic rings. The van der Waals surface area contributed by atoms with Crippen LogP contribution < -0.4 is 10.6 Å². The maximum atomic E-state index is 13.7. The van der Waals surface area contributed by atoms with Crippen molar-refractivity contribution in [2.75, 3.05) is 18.0 Å². The van der Waals surface area contributed by atoms with E-state index in [1.54, 1.807) is 6.20 Å². The number of carbonyl (C=O) groups excluding carboxylic acids is 1. The van der Waals surface area contributed by atoms with E-state index < -0.39 is 0 Å². The van der Waals surface area contributed by atoms with E-state index in [0.717, 1.165) is 12.8 Å². The van der Waals surface area contributed by atoms with Crippen LogP contribution in [-0.2, 0) is 4.79 Å². The molecular formula is C12H15BrFN3O. The van der Waals surface area contributed by atoms with Crippen LogP contribution in [0.15, 0.2) is 16.7 Å². The molecule has 2 rings (SSSR count). The van der Waals surface area contributed by atoms with Crippen LogP contribution in [0.3, 0.4) is 0 Å². The van der Waals surface area contributed by atoms with Crippen molar-refractivity contribution in [3.05, 3.63) is 22.6 Å². The normalized spacial score (nSPS) is 16.9. The Hall–Kier alpha value is -1.17. The second kappa shape index (κ2) is 5.65. The van der Waals surface area contributed by atoms with Gasteiger partial charge in [-0.3, -0.25) is 4.79 Å². The van der Waals surface area contributed by atoms with E-state index in [0.29, 0.717) is 35.7 Å². The molecule has 1 fully saturated rings. The molecular weight excluding hydrogens is 301 g/mol. The van der Waals surface area contributed by atoms with Gasteiger partial charge in [0.2, 0.25) is 5.91 Å². The summed E-state index contributed by atoms with van der Waals surface area (Å²) in [5.41, 5.74) is 5.18. The van der Waals surface area contributed by atoms with Crippen molar-refractivity contribution >= 4 is 27.7 Å². The number of amides is 1. The zero-order valence-electron chi connectivity index (χ0n) is 9.90. The number of anilines is 1. The molecule has 1 aromatic heterocycles. The highest BCUT2D eigenvalue weighted by atomic mass is 79.9. The molecule has 0 radical (unpaired) electrons. The molecule has 0 unspecified atom stereocenters. The van der Waals surface area contributed by atoms with Crippen molar-refractivity contribution in [3.8, 4) is 0 Å². The minimum absolute atomic E-state index is 0.263. The molecule has 0 atom stereocenters. The van der Waals surface area contributed by atoms with Gasteiger partial charge in [-0.1, -0.05) is 0 Å². The van der Waals surface area contributed by atoms with Crippen LogP contribution in [0.2, 0.25) is 0 Å². The van der Waals surface area contributed by atoms with E-state index in [1.807, 2.05) is 4.90 Å². The van der Waals surface area contributed by atoms with Crippen molar-refractivity contribution in [2.24, 2.45) is 11.7 Å². The van der Waals surface area contributed by atoms with Crippen molar-refractivity contribution < 1.29 is 9.18 Å². The number of nitrogens with zero attached hydrogens (tertiary/aromatic N) is 2. The largest absolute Gasteiger partial charge is 0.370 e. The van der Waals surface area contributed by atoms with Gasteiger partial charge in [0.15, 0.2) is 11.6 Å². The van der Waals surface area contributed by atoms with Gasteiger partial charge in [-0.05, 0) is 40.8 Å². The monoisotopic (exact) mass is 315 g/mol. The fourth-order valence-corrected chi connectivity index (χ4v) is 2.58. The third-order valence-electron chi connectivity index (χ3n) is 3.19. The lowest BCUT2D eigenvalue weighted by molar-refractivity contribution is -0.119. The van der Waals surface area contributed by atoms with Gasteiger partial charge >= 0.3 is 0 Å². The quantitative estimate of drug-likeness (QED) is 0.929. The fraction of sp³-hybridized carbons (Fsp3) is 0.500. The highest BCUT2D eigenvalue weighted by Crippen LogP contribution is 2.26. The molecule has 1 amide bonds. The van der Waals surface area contributed by atoms with Crippen LogP contribution in [0.4, 0.5) is 10.2 Å². The Kier molecular flexibility index (Phi) is 4.16. The average molecular weight is 316 g/mol. The van der Waals surface area contributed by atoms with Crippen LogP contribution in [-0.4, -0.2) is 24.0 Å². The number of hydrogen-bond acceptors (Lipinski definition) is 3. The molecule has 1 aromatic rings. The standard InChI is InChI=1S/C12H15BrFN3O/c13-9-6-10(14)12(16-7-9)17-3-1-8(2-4-17)5-11(15)18/h6-8H,1-5H2,(H2,15,18). The molecule has 0 aromatic carbocycles. The summed E-state index contributed by atoms with van der Waals surface area (Å²) in [5, 5.41) is 0. The van der Waals surface area contributed by atoms with Crippen molar-refractivity contribution in [1.82, 2.24) is 4.98 Å². The summed E-state index contributed by atoms with van der Waals surface area (Å²) in [5.74, 6) is 0.118. The molecule has 0 bridgehead atoms. The van der Waals surface area contributed by atoms with Gasteiger partial charge < -0.3 is 10.6 Å². The first-order chi connectivity index (χ1) is 8.56. The van der Waals surface area contributed by atoms with Crippen LogP contribution >= 0.6 is 15.9 Å². The Morgan fingerprint density at radius 2 is 2.22 bits per heavy atom. The molecule has 0 saturated carbocycles. The summed E-state index contributed by atoms with van der Waals surface area (Å²) >= 11 is 3.18. The number of pyridine rings is 1. The second-order valence-electron chi connectivity index (χ2n) is 4.56. The molecule has 1 saturated heterocycles. The number of halogens is 2. The van der Waals surface area contributed by atoms with E-state index in [-0.39, 0.29) is 11.7 Å². The van der Waals surface area contributed by atoms with Gasteiger partial charge in [-0.15, -0.1) is 0 Å². The maximum Gasteiger partial charge on any atom is 0.217 e. The Bertz CT molecular complexity index is 447. The van der Waals surface area contributed by atoms with Crippen LogP contribution in [0.1, 0.15) is 19.3 Å². The predicted octanol–water partition coefficient (Wildman–Crippen LogP) is 2.07. The van der Waals surface area contributed by atoms with Crippen molar-refractivity contribution in [3.63, 3.8) is 0 Å². The number of primary amides is 1. The molecule has 2 heterocycles. The molecule has 98 valence electrons. The molecule has 2 N–H and O–H groups in total. The zero-order chi connectivity index (χ0) is 13.1. The highest BCUT2D eigenvalue weighted by molar-refractivity contribution is 9.10. The van der Waals surface area contributed by atoms with Gasteiger partial charge in [-0.2, -0.15) is 0 Å². The Morgan fingerprint density at radius 1 is 1.56 bits per heavy atom. The third-order valence-corrected chi connectivity index (χ3v) is 3.63. The number of nitrogens with two attached hydrogens (primary N) is 1. The Morgan fingerprint density at radius 3 is 2.78 bits per heavy atom. The van der Waals surface area contributed by atoms with Crippen molar-refractivity contribution in [2.45, 2.75) is 19.3 Å². The first kappa shape index (κ1) is 13.3. The SMILES string of the molecule is NC(=O)CC1CCN(c2ncc(Br)cc2F)CC1. The van der Waals surface area contributed by atoms with Gasteiger partial charge in [0.25, 0.3) is 0 Å². The highest BCUT2D eigenvalue weighted by Gasteiger charge is 2.23. The van der Waals surface area contributed by atoms with Gasteiger partial charge in [0.05, 0.1) is 0 Å². The summed E-state index contributed by atoms with van der Waals surface area (Å²) < 4.78 is 14.4. The van der Waals surface area contributed by atoms with Crippen LogP contribution in [0.25, 0.3) is 0 Å². The first-order valence-corrected chi connectivity index (χ1v) is 6.70. The summed E-state index contributed by atoms with van der Waals surface area (Å²) in [6.45, 7) is 1.42. The summed E-state index contributed by atoms with van der Waals surface area (Å²) in [4.78, 5) is 16.9. The Balaban J connectivity index is 1.99. The fourth-order valence-electron chi connectivity index (χ4n) is 2.27. The lowest BCUT2D eigenvalue weighted by atomic mass is 9.93. The lowest BCUT2D eigenvalue weighted by Gasteiger charge is -2.32. The average Bonchev–Trinajstić information content (AvgIpc) is 2.30. The van der Waals surface area contributed by atoms with Gasteiger partial charge in [0.1, 0.15) is 0 Å². The van der Waals surface area contributed by atoms with Crippen molar-refractivity contribution in [1.29, 1.82) is 0 Å². The second-order valence-corrected chi connectivity index (χ2v) is 5.48. The summed E-state index contributed by atoms with van der Waals surface area (Å²) in [6.07, 6.45) is 3.71. The molecule has 0 spiro atoms. The third kappa shape index (κ3) is 3.19. The smallest absolute Gasteiger partial charge is 0.217 e. The molecule has 1 aliphatic heterocycles. The topological polar surface area (TPSA) is 59.2 Å². The predicted molar refractivity (Wildman–Crippen MR) is 70.6 cm³/mol. The van der Waals surface area contributed by atoms with Gasteiger partial charge in [-0.25, -0.2) is 9.37 Å².